The lowest BCUT2D eigenvalue weighted by molar-refractivity contribution is -0.148. The van der Waals surface area contributed by atoms with E-state index in [1.54, 1.807) is 6.92 Å². The molecule has 0 bridgehead atoms. The highest BCUT2D eigenvalue weighted by atomic mass is 16.7. The summed E-state index contributed by atoms with van der Waals surface area (Å²) < 4.78 is 4.58. The summed E-state index contributed by atoms with van der Waals surface area (Å²) in [4.78, 5) is 26.4. The molecule has 0 radical (unpaired) electrons. The van der Waals surface area contributed by atoms with Crippen LogP contribution in [0.4, 0.5) is 0 Å². The van der Waals surface area contributed by atoms with Gasteiger partial charge in [-0.25, -0.2) is 0 Å². The molecular formula is C14H19NO4. The van der Waals surface area contributed by atoms with Gasteiger partial charge in [-0.2, -0.15) is 5.90 Å². The number of methoxy groups -OCH3 is 1. The Morgan fingerprint density at radius 3 is 2.32 bits per heavy atom. The first-order valence-electron chi connectivity index (χ1n) is 6.12. The molecular weight excluding hydrogens is 246 g/mol. The van der Waals surface area contributed by atoms with Gasteiger partial charge < -0.3 is 9.57 Å². The third-order valence-corrected chi connectivity index (χ3v) is 2.93. The van der Waals surface area contributed by atoms with Crippen molar-refractivity contribution in [3.8, 4) is 0 Å². The minimum atomic E-state index is -0.422. The van der Waals surface area contributed by atoms with Crippen LogP contribution >= 0.6 is 0 Å². The van der Waals surface area contributed by atoms with Crippen molar-refractivity contribution in [2.24, 2.45) is 11.8 Å². The fourth-order valence-corrected chi connectivity index (χ4v) is 1.74. The summed E-state index contributed by atoms with van der Waals surface area (Å²) in [6.07, 6.45) is 1.59. The molecule has 104 valence electrons. The van der Waals surface area contributed by atoms with Gasteiger partial charge in [0.25, 0.3) is 0 Å². The zero-order chi connectivity index (χ0) is 14.3. The zero-order valence-electron chi connectivity index (χ0n) is 11.2. The standard InChI is InChI=1S/C14H19NO4/c1-10(14(17)19-15)9-12-5-3-11(4-6-12)7-8-13(16)18-2/h3-6,10H,7-9,15H2,1-2H3. The van der Waals surface area contributed by atoms with Gasteiger partial charge in [0.2, 0.25) is 0 Å². The Hall–Kier alpha value is -1.88. The molecule has 0 aliphatic heterocycles. The quantitative estimate of drug-likeness (QED) is 0.621. The van der Waals surface area contributed by atoms with Gasteiger partial charge in [-0.3, -0.25) is 9.59 Å². The number of aryl methyl sites for hydroxylation is 1. The molecule has 0 fully saturated rings. The Bertz CT molecular complexity index is 428. The first-order chi connectivity index (χ1) is 9.06. The van der Waals surface area contributed by atoms with Crippen LogP contribution in [0.15, 0.2) is 24.3 Å². The van der Waals surface area contributed by atoms with Crippen molar-refractivity contribution in [1.29, 1.82) is 0 Å². The van der Waals surface area contributed by atoms with Gasteiger partial charge in [-0.05, 0) is 24.0 Å². The molecule has 0 aromatic heterocycles. The fraction of sp³-hybridized carbons (Fsp3) is 0.429. The molecule has 1 rings (SSSR count). The molecule has 0 aliphatic rings. The fourth-order valence-electron chi connectivity index (χ4n) is 1.74. The maximum absolute atomic E-state index is 11.2. The van der Waals surface area contributed by atoms with Gasteiger partial charge in [-0.1, -0.05) is 31.2 Å². The van der Waals surface area contributed by atoms with Crippen LogP contribution in [0, 0.1) is 5.92 Å². The van der Waals surface area contributed by atoms with Crippen molar-refractivity contribution in [2.45, 2.75) is 26.2 Å². The second-order valence-corrected chi connectivity index (χ2v) is 4.43. The van der Waals surface area contributed by atoms with Gasteiger partial charge in [0.15, 0.2) is 0 Å². The average Bonchev–Trinajstić information content (AvgIpc) is 2.45. The first-order valence-corrected chi connectivity index (χ1v) is 6.12. The number of esters is 1. The van der Waals surface area contributed by atoms with Crippen LogP contribution in [0.1, 0.15) is 24.5 Å². The lowest BCUT2D eigenvalue weighted by atomic mass is 9.99. The lowest BCUT2D eigenvalue weighted by Gasteiger charge is -2.09. The minimum absolute atomic E-state index is 0.219. The van der Waals surface area contributed by atoms with Crippen LogP contribution in [0.3, 0.4) is 0 Å². The number of carbonyl (C=O) groups is 2. The van der Waals surface area contributed by atoms with E-state index in [4.69, 9.17) is 5.90 Å². The van der Waals surface area contributed by atoms with Crippen molar-refractivity contribution in [1.82, 2.24) is 0 Å². The zero-order valence-corrected chi connectivity index (χ0v) is 11.2. The summed E-state index contributed by atoms with van der Waals surface area (Å²) in [6.45, 7) is 1.76. The summed E-state index contributed by atoms with van der Waals surface area (Å²) in [5.74, 6) is 3.93. The Morgan fingerprint density at radius 2 is 1.79 bits per heavy atom. The van der Waals surface area contributed by atoms with E-state index in [1.165, 1.54) is 7.11 Å². The third-order valence-electron chi connectivity index (χ3n) is 2.93. The maximum Gasteiger partial charge on any atom is 0.327 e. The third kappa shape index (κ3) is 5.09. The Balaban J connectivity index is 2.52. The molecule has 0 saturated heterocycles. The number of nitrogens with two attached hydrogens (primary N) is 1. The van der Waals surface area contributed by atoms with Gasteiger partial charge in [0.1, 0.15) is 0 Å². The van der Waals surface area contributed by atoms with Crippen molar-refractivity contribution in [3.05, 3.63) is 35.4 Å². The molecule has 5 heteroatoms. The first kappa shape index (κ1) is 15.2. The van der Waals surface area contributed by atoms with Crippen LogP contribution in [0.5, 0.6) is 0 Å². The Kier molecular flexibility index (Phi) is 6.02. The number of carbonyl (C=O) groups excluding carboxylic acids is 2. The van der Waals surface area contributed by atoms with E-state index >= 15 is 0 Å². The molecule has 0 amide bonds. The molecule has 0 saturated carbocycles. The van der Waals surface area contributed by atoms with E-state index in [0.29, 0.717) is 19.3 Å². The second-order valence-electron chi connectivity index (χ2n) is 4.43. The molecule has 0 spiro atoms. The van der Waals surface area contributed by atoms with E-state index < -0.39 is 5.97 Å². The van der Waals surface area contributed by atoms with Gasteiger partial charge in [0.05, 0.1) is 13.0 Å². The molecule has 1 atom stereocenters. The van der Waals surface area contributed by atoms with Crippen molar-refractivity contribution < 1.29 is 19.2 Å². The summed E-state index contributed by atoms with van der Waals surface area (Å²) in [7, 11) is 1.38. The second kappa shape index (κ2) is 7.53. The van der Waals surface area contributed by atoms with Crippen LogP contribution in [0.2, 0.25) is 0 Å². The summed E-state index contributed by atoms with van der Waals surface area (Å²) >= 11 is 0. The highest BCUT2D eigenvalue weighted by molar-refractivity contribution is 5.72. The van der Waals surface area contributed by atoms with Crippen LogP contribution in [-0.4, -0.2) is 19.0 Å². The smallest absolute Gasteiger partial charge is 0.327 e. The van der Waals surface area contributed by atoms with Crippen molar-refractivity contribution in [3.63, 3.8) is 0 Å². The minimum Gasteiger partial charge on any atom is -0.469 e. The van der Waals surface area contributed by atoms with E-state index in [0.717, 1.165) is 11.1 Å². The lowest BCUT2D eigenvalue weighted by Crippen LogP contribution is -2.20. The van der Waals surface area contributed by atoms with Crippen molar-refractivity contribution in [2.75, 3.05) is 7.11 Å². The summed E-state index contributed by atoms with van der Waals surface area (Å²) in [5, 5.41) is 0. The molecule has 5 nitrogen and oxygen atoms in total. The molecule has 0 aliphatic carbocycles. The van der Waals surface area contributed by atoms with E-state index in [1.807, 2.05) is 24.3 Å². The summed E-state index contributed by atoms with van der Waals surface area (Å²) in [5.41, 5.74) is 2.09. The maximum atomic E-state index is 11.2. The van der Waals surface area contributed by atoms with E-state index in [9.17, 15) is 9.59 Å². The molecule has 1 unspecified atom stereocenters. The van der Waals surface area contributed by atoms with Gasteiger partial charge >= 0.3 is 11.9 Å². The normalized spacial score (nSPS) is 11.7. The van der Waals surface area contributed by atoms with Crippen LogP contribution in [0.25, 0.3) is 0 Å². The number of hydrogen-bond donors (Lipinski definition) is 1. The highest BCUT2D eigenvalue weighted by Crippen LogP contribution is 2.12. The number of benzene rings is 1. The molecule has 1 aromatic carbocycles. The predicted molar refractivity (Wildman–Crippen MR) is 69.9 cm³/mol. The molecule has 1 aromatic rings. The number of hydrogen-bond acceptors (Lipinski definition) is 5. The number of ether oxygens (including phenoxy) is 1. The Morgan fingerprint density at radius 1 is 1.21 bits per heavy atom. The van der Waals surface area contributed by atoms with Crippen molar-refractivity contribution >= 4 is 11.9 Å². The molecule has 2 N–H and O–H groups in total. The average molecular weight is 265 g/mol. The summed E-state index contributed by atoms with van der Waals surface area (Å²) in [6, 6.07) is 7.76. The predicted octanol–water partition coefficient (Wildman–Crippen LogP) is 1.39. The monoisotopic (exact) mass is 265 g/mol. The largest absolute Gasteiger partial charge is 0.469 e. The van der Waals surface area contributed by atoms with E-state index in [-0.39, 0.29) is 11.9 Å². The molecule has 0 heterocycles. The van der Waals surface area contributed by atoms with Gasteiger partial charge in [-0.15, -0.1) is 0 Å². The van der Waals surface area contributed by atoms with Crippen LogP contribution < -0.4 is 5.90 Å². The van der Waals surface area contributed by atoms with Crippen LogP contribution in [-0.2, 0) is 32.0 Å². The van der Waals surface area contributed by atoms with Gasteiger partial charge in [0, 0.05) is 6.42 Å². The highest BCUT2D eigenvalue weighted by Gasteiger charge is 2.14. The SMILES string of the molecule is COC(=O)CCc1ccc(CC(C)C(=O)ON)cc1. The Labute approximate surface area is 112 Å². The molecule has 19 heavy (non-hydrogen) atoms. The van der Waals surface area contributed by atoms with E-state index in [2.05, 4.69) is 9.57 Å². The topological polar surface area (TPSA) is 78.6 Å². The number of rotatable bonds is 6.